The zero-order valence-corrected chi connectivity index (χ0v) is 15.6. The lowest BCUT2D eigenvalue weighted by Crippen LogP contribution is -2.24. The Morgan fingerprint density at radius 3 is 2.14 bits per heavy atom. The predicted molar refractivity (Wildman–Crippen MR) is 108 cm³/mol. The number of azide groups is 1. The standard InChI is InChI=1S/C10H10N4O.C10H9N3O/c11-14-13-9-6-5-7-3-1-2-4-8(7)12-10(9)15;11-13-9-6-5-7-3-1-2-4-8(7)12-10(9)14/h1-4,9H,5-6H2,(H,12,15);1-4H,5-6H2,(H,12,14). The van der Waals surface area contributed by atoms with Crippen molar-refractivity contribution in [1.29, 1.82) is 0 Å². The molecule has 146 valence electrons. The van der Waals surface area contributed by atoms with Crippen LogP contribution in [0.5, 0.6) is 0 Å². The minimum absolute atomic E-state index is 0.182. The zero-order chi connectivity index (χ0) is 20.6. The Kier molecular flexibility index (Phi) is 6.37. The van der Waals surface area contributed by atoms with Gasteiger partial charge in [0, 0.05) is 16.3 Å². The number of carbonyl (C=O) groups is 2. The van der Waals surface area contributed by atoms with Gasteiger partial charge in [-0.25, -0.2) is 0 Å². The van der Waals surface area contributed by atoms with Crippen molar-refractivity contribution in [2.45, 2.75) is 31.7 Å². The number of amides is 2. The average molecular weight is 389 g/mol. The Balaban J connectivity index is 0.000000166. The van der Waals surface area contributed by atoms with Crippen LogP contribution in [0.4, 0.5) is 11.4 Å². The summed E-state index contributed by atoms with van der Waals surface area (Å²) < 4.78 is 0. The van der Waals surface area contributed by atoms with Crippen LogP contribution in [0.3, 0.4) is 0 Å². The van der Waals surface area contributed by atoms with E-state index < -0.39 is 6.04 Å². The first kappa shape index (κ1) is 19.8. The highest BCUT2D eigenvalue weighted by atomic mass is 16.2. The van der Waals surface area contributed by atoms with Crippen LogP contribution in [0.1, 0.15) is 24.0 Å². The molecule has 2 N–H and O–H groups in total. The van der Waals surface area contributed by atoms with Gasteiger partial charge < -0.3 is 16.2 Å². The number of aryl methyl sites for hydroxylation is 2. The number of carbonyl (C=O) groups excluding carboxylic acids is 2. The molecule has 2 amide bonds. The van der Waals surface area contributed by atoms with Crippen LogP contribution in [0.2, 0.25) is 0 Å². The summed E-state index contributed by atoms with van der Waals surface area (Å²) in [7, 11) is 0. The summed E-state index contributed by atoms with van der Waals surface area (Å²) in [4.78, 5) is 28.7. The summed E-state index contributed by atoms with van der Waals surface area (Å²) in [6, 6.07) is 14.6. The van der Waals surface area contributed by atoms with Crippen molar-refractivity contribution in [3.63, 3.8) is 0 Å². The molecule has 0 aromatic heterocycles. The number of fused-ring (bicyclic) bond motifs is 2. The number of anilines is 2. The van der Waals surface area contributed by atoms with Gasteiger partial charge in [-0.05, 0) is 48.1 Å². The van der Waals surface area contributed by atoms with E-state index in [0.29, 0.717) is 19.3 Å². The SMILES string of the molecule is [N-]=[N+]=C1CCc2ccccc2NC1=O.[N-]=[N+]=NC1CCc2ccccc2NC1=O. The monoisotopic (exact) mass is 389 g/mol. The summed E-state index contributed by atoms with van der Waals surface area (Å²) in [5.41, 5.74) is 20.9. The topological polar surface area (TPSA) is 143 Å². The Hall–Kier alpha value is -3.93. The molecule has 0 bridgehead atoms. The Labute approximate surface area is 167 Å². The first-order chi connectivity index (χ1) is 14.1. The van der Waals surface area contributed by atoms with Crippen molar-refractivity contribution >= 4 is 28.9 Å². The van der Waals surface area contributed by atoms with E-state index in [1.165, 1.54) is 0 Å². The Bertz CT molecular complexity index is 1040. The van der Waals surface area contributed by atoms with Gasteiger partial charge >= 0.3 is 11.6 Å². The predicted octanol–water partition coefficient (Wildman–Crippen LogP) is 3.49. The van der Waals surface area contributed by atoms with Crippen LogP contribution in [0.25, 0.3) is 16.0 Å². The molecule has 9 heteroatoms. The summed E-state index contributed by atoms with van der Waals surface area (Å²) in [6.45, 7) is 0. The number of nitrogens with one attached hydrogen (secondary N) is 2. The van der Waals surface area contributed by atoms with E-state index in [1.807, 2.05) is 48.5 Å². The van der Waals surface area contributed by atoms with Crippen molar-refractivity contribution in [1.82, 2.24) is 0 Å². The highest BCUT2D eigenvalue weighted by Crippen LogP contribution is 2.22. The summed E-state index contributed by atoms with van der Waals surface area (Å²) in [5.74, 6) is -0.546. The third-order valence-electron chi connectivity index (χ3n) is 4.74. The van der Waals surface area contributed by atoms with E-state index >= 15 is 0 Å². The highest BCUT2D eigenvalue weighted by Gasteiger charge is 2.24. The molecule has 2 aromatic carbocycles. The molecule has 0 saturated heterocycles. The molecule has 9 nitrogen and oxygen atoms in total. The van der Waals surface area contributed by atoms with Crippen LogP contribution in [0, 0.1) is 0 Å². The molecule has 2 heterocycles. The molecule has 29 heavy (non-hydrogen) atoms. The molecular formula is C20H19N7O2. The van der Waals surface area contributed by atoms with Crippen molar-refractivity contribution in [3.05, 3.63) is 75.6 Å². The minimum atomic E-state index is -0.595. The van der Waals surface area contributed by atoms with Crippen molar-refractivity contribution in [2.75, 3.05) is 10.6 Å². The van der Waals surface area contributed by atoms with Gasteiger partial charge in [-0.2, -0.15) is 4.79 Å². The summed E-state index contributed by atoms with van der Waals surface area (Å²) in [5, 5.41) is 8.92. The van der Waals surface area contributed by atoms with Crippen molar-refractivity contribution in [3.8, 4) is 0 Å². The second-order valence-corrected chi connectivity index (χ2v) is 6.56. The largest absolute Gasteiger partial charge is 0.361 e. The van der Waals surface area contributed by atoms with Crippen molar-refractivity contribution < 1.29 is 14.4 Å². The molecule has 0 fully saturated rings. The van der Waals surface area contributed by atoms with E-state index in [0.717, 1.165) is 28.9 Å². The van der Waals surface area contributed by atoms with Gasteiger partial charge in [0.25, 0.3) is 0 Å². The van der Waals surface area contributed by atoms with Crippen LogP contribution >= 0.6 is 0 Å². The molecule has 2 aliphatic rings. The third-order valence-corrected chi connectivity index (χ3v) is 4.74. The van der Waals surface area contributed by atoms with Gasteiger partial charge in [-0.1, -0.05) is 41.5 Å². The lowest BCUT2D eigenvalue weighted by atomic mass is 10.1. The van der Waals surface area contributed by atoms with Gasteiger partial charge in [0.15, 0.2) is 0 Å². The number of hydrogen-bond donors (Lipinski definition) is 2. The van der Waals surface area contributed by atoms with E-state index in [9.17, 15) is 9.59 Å². The summed E-state index contributed by atoms with van der Waals surface area (Å²) in [6.07, 6.45) is 2.50. The number of para-hydroxylation sites is 2. The van der Waals surface area contributed by atoms with Crippen LogP contribution in [-0.2, 0) is 22.4 Å². The lowest BCUT2D eigenvalue weighted by molar-refractivity contribution is -0.117. The minimum Gasteiger partial charge on any atom is -0.361 e. The van der Waals surface area contributed by atoms with E-state index in [2.05, 4.69) is 25.4 Å². The van der Waals surface area contributed by atoms with Gasteiger partial charge in [-0.3, -0.25) is 9.59 Å². The molecule has 0 saturated carbocycles. The highest BCUT2D eigenvalue weighted by molar-refractivity contribution is 6.41. The van der Waals surface area contributed by atoms with Gasteiger partial charge in [0.1, 0.15) is 6.04 Å². The fourth-order valence-corrected chi connectivity index (χ4v) is 3.19. The first-order valence-electron chi connectivity index (χ1n) is 9.15. The Morgan fingerprint density at radius 1 is 0.862 bits per heavy atom. The molecule has 2 aromatic rings. The fourth-order valence-electron chi connectivity index (χ4n) is 3.19. The smallest absolute Gasteiger partial charge is 0.356 e. The average Bonchev–Trinajstić information content (AvgIpc) is 2.99. The third kappa shape index (κ3) is 4.87. The number of rotatable bonds is 1. The molecule has 1 unspecified atom stereocenters. The van der Waals surface area contributed by atoms with E-state index in [1.54, 1.807) is 0 Å². The molecule has 1 atom stereocenters. The fraction of sp³-hybridized carbons (Fsp3) is 0.250. The van der Waals surface area contributed by atoms with E-state index in [4.69, 9.17) is 11.1 Å². The molecule has 4 rings (SSSR count). The normalized spacial score (nSPS) is 17.4. The quantitative estimate of drug-likeness (QED) is 0.437. The zero-order valence-electron chi connectivity index (χ0n) is 15.6. The molecular weight excluding hydrogens is 370 g/mol. The maximum atomic E-state index is 11.6. The van der Waals surface area contributed by atoms with Crippen LogP contribution in [0.15, 0.2) is 53.6 Å². The van der Waals surface area contributed by atoms with Gasteiger partial charge in [0.05, 0.1) is 6.42 Å². The molecule has 0 spiro atoms. The van der Waals surface area contributed by atoms with Crippen LogP contribution < -0.4 is 10.6 Å². The second-order valence-electron chi connectivity index (χ2n) is 6.56. The first-order valence-corrected chi connectivity index (χ1v) is 9.15. The van der Waals surface area contributed by atoms with Gasteiger partial charge in [-0.15, -0.1) is 0 Å². The lowest BCUT2D eigenvalue weighted by Gasteiger charge is -2.06. The Morgan fingerprint density at radius 2 is 1.48 bits per heavy atom. The number of hydrogen-bond acceptors (Lipinski definition) is 3. The number of benzene rings is 2. The van der Waals surface area contributed by atoms with Crippen molar-refractivity contribution in [2.24, 2.45) is 5.11 Å². The van der Waals surface area contributed by atoms with E-state index in [-0.39, 0.29) is 17.5 Å². The maximum absolute atomic E-state index is 11.6. The summed E-state index contributed by atoms with van der Waals surface area (Å²) >= 11 is 0. The molecule has 0 radical (unpaired) electrons. The molecule has 2 aliphatic heterocycles. The molecule has 0 aliphatic carbocycles. The second kappa shape index (κ2) is 9.32. The number of nitrogens with zero attached hydrogens (tertiary/aromatic N) is 5. The van der Waals surface area contributed by atoms with Gasteiger partial charge in [0.2, 0.25) is 5.91 Å². The van der Waals surface area contributed by atoms with Crippen LogP contribution in [-0.4, -0.2) is 28.4 Å². The maximum Gasteiger partial charge on any atom is 0.356 e.